The minimum absolute atomic E-state index is 0.0593. The molecule has 3 aromatic rings. The molecule has 3 N–H and O–H groups in total. The molecule has 1 aromatic heterocycles. The van der Waals surface area contributed by atoms with Crippen molar-refractivity contribution >= 4 is 22.8 Å². The molecule has 0 saturated heterocycles. The number of benzene rings is 2. The molecule has 6 heteroatoms. The monoisotopic (exact) mass is 294 g/mol. The third kappa shape index (κ3) is 3.12. The van der Waals surface area contributed by atoms with Gasteiger partial charge in [-0.1, -0.05) is 30.3 Å². The van der Waals surface area contributed by atoms with Crippen LogP contribution < -0.4 is 10.9 Å². The van der Waals surface area contributed by atoms with Gasteiger partial charge in [0.1, 0.15) is 5.82 Å². The summed E-state index contributed by atoms with van der Waals surface area (Å²) in [6.45, 7) is 0. The van der Waals surface area contributed by atoms with Gasteiger partial charge in [-0.15, -0.1) is 0 Å². The number of aromatic nitrogens is 2. The van der Waals surface area contributed by atoms with Gasteiger partial charge in [0.25, 0.3) is 5.91 Å². The molecule has 0 aliphatic rings. The van der Waals surface area contributed by atoms with Gasteiger partial charge >= 0.3 is 0 Å². The average molecular weight is 294 g/mol. The topological polar surface area (TPSA) is 86.9 Å². The summed E-state index contributed by atoms with van der Waals surface area (Å²) in [5.41, 5.74) is 6.90. The number of nitrogens with zero attached hydrogens (tertiary/aromatic N) is 1. The maximum Gasteiger partial charge on any atom is 0.269 e. The minimum atomic E-state index is -0.362. The molecular formula is C16H14N4O2. The Morgan fingerprint density at radius 1 is 0.955 bits per heavy atom. The van der Waals surface area contributed by atoms with Crippen LogP contribution in [0.4, 0.5) is 0 Å². The maximum absolute atomic E-state index is 11.8. The van der Waals surface area contributed by atoms with Gasteiger partial charge in [-0.2, -0.15) is 0 Å². The van der Waals surface area contributed by atoms with E-state index in [1.165, 1.54) is 0 Å². The van der Waals surface area contributed by atoms with Crippen LogP contribution in [-0.2, 0) is 11.2 Å². The van der Waals surface area contributed by atoms with E-state index >= 15 is 0 Å². The highest BCUT2D eigenvalue weighted by Crippen LogP contribution is 2.10. The van der Waals surface area contributed by atoms with Crippen LogP contribution in [0.3, 0.4) is 0 Å². The van der Waals surface area contributed by atoms with E-state index in [4.69, 9.17) is 0 Å². The van der Waals surface area contributed by atoms with Crippen LogP contribution in [0.15, 0.2) is 54.6 Å². The Bertz CT molecular complexity index is 778. The van der Waals surface area contributed by atoms with Crippen LogP contribution in [0, 0.1) is 0 Å². The number of nitrogens with one attached hydrogen (secondary N) is 3. The Balaban J connectivity index is 1.57. The second-order valence-corrected chi connectivity index (χ2v) is 4.75. The van der Waals surface area contributed by atoms with Crippen molar-refractivity contribution in [2.45, 2.75) is 6.42 Å². The predicted molar refractivity (Wildman–Crippen MR) is 81.8 cm³/mol. The summed E-state index contributed by atoms with van der Waals surface area (Å²) in [7, 11) is 0. The number of fused-ring (bicyclic) bond motifs is 1. The maximum atomic E-state index is 11.8. The zero-order chi connectivity index (χ0) is 15.4. The number of imidazole rings is 1. The lowest BCUT2D eigenvalue weighted by Crippen LogP contribution is -2.42. The van der Waals surface area contributed by atoms with Crippen LogP contribution in [0.5, 0.6) is 0 Å². The Morgan fingerprint density at radius 3 is 2.45 bits per heavy atom. The van der Waals surface area contributed by atoms with Crippen LogP contribution in [0.25, 0.3) is 11.0 Å². The molecule has 22 heavy (non-hydrogen) atoms. The molecule has 0 radical (unpaired) electrons. The van der Waals surface area contributed by atoms with Gasteiger partial charge < -0.3 is 4.98 Å². The Labute approximate surface area is 126 Å². The highest BCUT2D eigenvalue weighted by Gasteiger charge is 2.10. The van der Waals surface area contributed by atoms with Gasteiger partial charge in [0.05, 0.1) is 17.5 Å². The van der Waals surface area contributed by atoms with Crippen molar-refractivity contribution in [1.82, 2.24) is 20.8 Å². The molecule has 2 amide bonds. The lowest BCUT2D eigenvalue weighted by molar-refractivity contribution is -0.121. The number of H-pyrrole nitrogens is 1. The van der Waals surface area contributed by atoms with E-state index in [0.717, 1.165) is 11.0 Å². The standard InChI is InChI=1S/C16H14N4O2/c21-15(19-20-16(22)11-6-2-1-3-7-11)10-14-17-12-8-4-5-9-13(12)18-14/h1-9H,10H2,(H,17,18)(H,19,21)(H,20,22). The predicted octanol–water partition coefficient (Wildman–Crippen LogP) is 1.57. The summed E-state index contributed by atoms with van der Waals surface area (Å²) >= 11 is 0. The molecule has 0 fully saturated rings. The molecule has 0 bridgehead atoms. The second-order valence-electron chi connectivity index (χ2n) is 4.75. The molecule has 0 atom stereocenters. The molecule has 0 unspecified atom stereocenters. The van der Waals surface area contributed by atoms with Gasteiger partial charge in [-0.3, -0.25) is 20.4 Å². The summed E-state index contributed by atoms with van der Waals surface area (Å²) in [6.07, 6.45) is 0.0593. The number of para-hydroxylation sites is 2. The molecule has 1 heterocycles. The third-order valence-electron chi connectivity index (χ3n) is 3.12. The minimum Gasteiger partial charge on any atom is -0.342 e. The normalized spacial score (nSPS) is 10.4. The van der Waals surface area contributed by atoms with E-state index in [9.17, 15) is 9.59 Å². The fourth-order valence-corrected chi connectivity index (χ4v) is 2.07. The number of carbonyl (C=O) groups is 2. The highest BCUT2D eigenvalue weighted by molar-refractivity contribution is 5.95. The quantitative estimate of drug-likeness (QED) is 0.641. The molecule has 0 spiro atoms. The van der Waals surface area contributed by atoms with Crippen LogP contribution >= 0.6 is 0 Å². The summed E-state index contributed by atoms with van der Waals surface area (Å²) < 4.78 is 0. The van der Waals surface area contributed by atoms with Gasteiger partial charge in [0.2, 0.25) is 5.91 Å². The Morgan fingerprint density at radius 2 is 1.68 bits per heavy atom. The molecule has 2 aromatic carbocycles. The van der Waals surface area contributed by atoms with E-state index < -0.39 is 0 Å². The fourth-order valence-electron chi connectivity index (χ4n) is 2.07. The van der Waals surface area contributed by atoms with E-state index in [0.29, 0.717) is 11.4 Å². The number of hydrazine groups is 1. The summed E-state index contributed by atoms with van der Waals surface area (Å²) in [5.74, 6) is -0.158. The Hall–Kier alpha value is -3.15. The lowest BCUT2D eigenvalue weighted by Gasteiger charge is -2.06. The van der Waals surface area contributed by atoms with Crippen molar-refractivity contribution in [3.05, 3.63) is 66.0 Å². The number of rotatable bonds is 3. The molecule has 3 rings (SSSR count). The highest BCUT2D eigenvalue weighted by atomic mass is 16.2. The summed E-state index contributed by atoms with van der Waals surface area (Å²) in [5, 5.41) is 0. The molecule has 6 nitrogen and oxygen atoms in total. The van der Waals surface area contributed by atoms with Crippen LogP contribution in [-0.4, -0.2) is 21.8 Å². The van der Waals surface area contributed by atoms with Gasteiger partial charge in [-0.25, -0.2) is 4.98 Å². The van der Waals surface area contributed by atoms with Crippen molar-refractivity contribution in [1.29, 1.82) is 0 Å². The first kappa shape index (κ1) is 13.8. The first-order chi connectivity index (χ1) is 10.7. The molecule has 0 saturated carbocycles. The van der Waals surface area contributed by atoms with Crippen molar-refractivity contribution in [3.63, 3.8) is 0 Å². The number of amides is 2. The fraction of sp³-hybridized carbons (Fsp3) is 0.0625. The zero-order valence-corrected chi connectivity index (χ0v) is 11.7. The average Bonchev–Trinajstić information content (AvgIpc) is 2.95. The van der Waals surface area contributed by atoms with Crippen molar-refractivity contribution in [3.8, 4) is 0 Å². The van der Waals surface area contributed by atoms with Gasteiger partial charge in [-0.05, 0) is 24.3 Å². The van der Waals surface area contributed by atoms with Crippen molar-refractivity contribution in [2.24, 2.45) is 0 Å². The molecule has 0 aliphatic heterocycles. The van der Waals surface area contributed by atoms with Gasteiger partial charge in [0.15, 0.2) is 0 Å². The largest absolute Gasteiger partial charge is 0.342 e. The molecule has 110 valence electrons. The summed E-state index contributed by atoms with van der Waals surface area (Å²) in [6, 6.07) is 16.2. The van der Waals surface area contributed by atoms with E-state index in [2.05, 4.69) is 20.8 Å². The SMILES string of the molecule is O=C(Cc1nc2ccccc2[nH]1)NNC(=O)c1ccccc1. The lowest BCUT2D eigenvalue weighted by atomic mass is 10.2. The zero-order valence-electron chi connectivity index (χ0n) is 11.7. The smallest absolute Gasteiger partial charge is 0.269 e. The number of hydrogen-bond donors (Lipinski definition) is 3. The van der Waals surface area contributed by atoms with Gasteiger partial charge in [0, 0.05) is 5.56 Å². The summed E-state index contributed by atoms with van der Waals surface area (Å²) in [4.78, 5) is 31.0. The van der Waals surface area contributed by atoms with E-state index in [1.807, 2.05) is 30.3 Å². The first-order valence-electron chi connectivity index (χ1n) is 6.80. The van der Waals surface area contributed by atoms with E-state index in [-0.39, 0.29) is 18.2 Å². The Kier molecular flexibility index (Phi) is 3.82. The number of hydrogen-bond acceptors (Lipinski definition) is 3. The van der Waals surface area contributed by atoms with Crippen molar-refractivity contribution in [2.75, 3.05) is 0 Å². The number of carbonyl (C=O) groups excluding carboxylic acids is 2. The second kappa shape index (κ2) is 6.09. The third-order valence-corrected chi connectivity index (χ3v) is 3.12. The van der Waals surface area contributed by atoms with Crippen LogP contribution in [0.1, 0.15) is 16.2 Å². The molecule has 0 aliphatic carbocycles. The molecular weight excluding hydrogens is 280 g/mol. The van der Waals surface area contributed by atoms with E-state index in [1.54, 1.807) is 24.3 Å². The number of aromatic amines is 1. The van der Waals surface area contributed by atoms with Crippen LogP contribution in [0.2, 0.25) is 0 Å². The first-order valence-corrected chi connectivity index (χ1v) is 6.80. The van der Waals surface area contributed by atoms with Crippen molar-refractivity contribution < 1.29 is 9.59 Å².